The van der Waals surface area contributed by atoms with Gasteiger partial charge in [0.1, 0.15) is 5.78 Å². The maximum atomic E-state index is 11.0. The number of Topliss-reactive ketones (excluding diaryl/α,β-unsaturated/α-hetero) is 1. The van der Waals surface area contributed by atoms with Crippen LogP contribution in [0.1, 0.15) is 90.4 Å². The van der Waals surface area contributed by atoms with Crippen LogP contribution in [0, 0.1) is 0 Å². The maximum absolute atomic E-state index is 11.0. The van der Waals surface area contributed by atoms with Gasteiger partial charge in [-0.25, -0.2) is 0 Å². The third-order valence-corrected chi connectivity index (χ3v) is 3.91. The zero-order valence-electron chi connectivity index (χ0n) is 13.3. The SMILES string of the molecule is CCCCCCCC/C=C\CCCCCCC(=O)CCl. The van der Waals surface area contributed by atoms with Crippen molar-refractivity contribution in [3.05, 3.63) is 12.2 Å². The number of alkyl halides is 1. The van der Waals surface area contributed by atoms with Gasteiger partial charge in [-0.05, 0) is 32.1 Å². The summed E-state index contributed by atoms with van der Waals surface area (Å²) in [6.07, 6.45) is 20.7. The van der Waals surface area contributed by atoms with Gasteiger partial charge in [-0.3, -0.25) is 4.79 Å². The summed E-state index contributed by atoms with van der Waals surface area (Å²) in [5.41, 5.74) is 0. The van der Waals surface area contributed by atoms with Crippen molar-refractivity contribution in [3.63, 3.8) is 0 Å². The molecule has 20 heavy (non-hydrogen) atoms. The van der Waals surface area contributed by atoms with Gasteiger partial charge in [-0.2, -0.15) is 0 Å². The highest BCUT2D eigenvalue weighted by molar-refractivity contribution is 6.27. The Hall–Kier alpha value is -0.300. The Morgan fingerprint density at radius 3 is 1.85 bits per heavy atom. The molecule has 0 N–H and O–H groups in total. The van der Waals surface area contributed by atoms with Gasteiger partial charge in [0, 0.05) is 6.42 Å². The zero-order chi connectivity index (χ0) is 14.9. The Balaban J connectivity index is 3.10. The largest absolute Gasteiger partial charge is 0.298 e. The summed E-state index contributed by atoms with van der Waals surface area (Å²) in [7, 11) is 0. The predicted octanol–water partition coefficient (Wildman–Crippen LogP) is 6.44. The second-order valence-electron chi connectivity index (χ2n) is 5.65. The first-order valence-corrected chi connectivity index (χ1v) is 9.07. The number of ketones is 1. The lowest BCUT2D eigenvalue weighted by molar-refractivity contribution is -0.116. The Morgan fingerprint density at radius 1 is 0.800 bits per heavy atom. The van der Waals surface area contributed by atoms with E-state index < -0.39 is 0 Å². The summed E-state index contributed by atoms with van der Waals surface area (Å²) in [6, 6.07) is 0. The van der Waals surface area contributed by atoms with Gasteiger partial charge in [-0.15, -0.1) is 11.6 Å². The molecule has 0 saturated carbocycles. The van der Waals surface area contributed by atoms with Crippen LogP contribution in [0.25, 0.3) is 0 Å². The van der Waals surface area contributed by atoms with Crippen molar-refractivity contribution in [1.29, 1.82) is 0 Å². The average molecular weight is 301 g/mol. The minimum absolute atomic E-state index is 0.182. The Morgan fingerprint density at radius 2 is 1.30 bits per heavy atom. The van der Waals surface area contributed by atoms with Crippen LogP contribution in [0.3, 0.4) is 0 Å². The van der Waals surface area contributed by atoms with Gasteiger partial charge < -0.3 is 0 Å². The van der Waals surface area contributed by atoms with E-state index >= 15 is 0 Å². The fourth-order valence-electron chi connectivity index (χ4n) is 2.28. The molecule has 0 aliphatic rings. The van der Waals surface area contributed by atoms with E-state index in [0.717, 1.165) is 12.8 Å². The van der Waals surface area contributed by atoms with E-state index in [-0.39, 0.29) is 11.7 Å². The van der Waals surface area contributed by atoms with E-state index in [1.807, 2.05) is 0 Å². The summed E-state index contributed by atoms with van der Waals surface area (Å²) in [6.45, 7) is 2.26. The van der Waals surface area contributed by atoms with Crippen LogP contribution >= 0.6 is 11.6 Å². The number of allylic oxidation sites excluding steroid dienone is 2. The van der Waals surface area contributed by atoms with Gasteiger partial charge in [-0.1, -0.05) is 64.0 Å². The smallest absolute Gasteiger partial charge is 0.147 e. The van der Waals surface area contributed by atoms with Crippen molar-refractivity contribution in [3.8, 4) is 0 Å². The molecule has 2 heteroatoms. The number of hydrogen-bond donors (Lipinski definition) is 0. The standard InChI is InChI=1S/C18H33ClO/c1-2-3-4-5-6-7-8-9-10-11-12-13-14-15-16-18(20)17-19/h9-10H,2-8,11-17H2,1H3/b10-9-. The molecule has 0 aromatic rings. The van der Waals surface area contributed by atoms with Gasteiger partial charge in [0.25, 0.3) is 0 Å². The van der Waals surface area contributed by atoms with Gasteiger partial charge in [0.2, 0.25) is 0 Å². The van der Waals surface area contributed by atoms with Crippen molar-refractivity contribution in [2.45, 2.75) is 90.4 Å². The van der Waals surface area contributed by atoms with Crippen LogP contribution in [0.5, 0.6) is 0 Å². The van der Waals surface area contributed by atoms with Gasteiger partial charge >= 0.3 is 0 Å². The Labute approximate surface area is 131 Å². The quantitative estimate of drug-likeness (QED) is 0.193. The van der Waals surface area contributed by atoms with E-state index in [9.17, 15) is 4.79 Å². The number of halogens is 1. The molecule has 0 heterocycles. The highest BCUT2D eigenvalue weighted by Gasteiger charge is 1.98. The molecule has 0 saturated heterocycles. The minimum atomic E-state index is 0.182. The van der Waals surface area contributed by atoms with Crippen molar-refractivity contribution >= 4 is 17.4 Å². The van der Waals surface area contributed by atoms with Crippen molar-refractivity contribution < 1.29 is 4.79 Å². The number of unbranched alkanes of at least 4 members (excludes halogenated alkanes) is 10. The molecule has 0 rings (SSSR count). The normalized spacial score (nSPS) is 11.3. The molecule has 1 nitrogen and oxygen atoms in total. The molecular formula is C18H33ClO. The van der Waals surface area contributed by atoms with Crippen LogP contribution in [0.15, 0.2) is 12.2 Å². The first kappa shape index (κ1) is 19.7. The van der Waals surface area contributed by atoms with E-state index in [0.29, 0.717) is 6.42 Å². The minimum Gasteiger partial charge on any atom is -0.298 e. The van der Waals surface area contributed by atoms with Crippen molar-refractivity contribution in [1.82, 2.24) is 0 Å². The molecule has 0 aromatic carbocycles. The summed E-state index contributed by atoms with van der Waals surface area (Å²) >= 11 is 5.45. The fourth-order valence-corrected chi connectivity index (χ4v) is 2.42. The third kappa shape index (κ3) is 15.8. The second kappa shape index (κ2) is 16.8. The maximum Gasteiger partial charge on any atom is 0.147 e. The average Bonchev–Trinajstić information content (AvgIpc) is 2.47. The van der Waals surface area contributed by atoms with Crippen molar-refractivity contribution in [2.75, 3.05) is 5.88 Å². The molecule has 0 amide bonds. The number of hydrogen-bond acceptors (Lipinski definition) is 1. The van der Waals surface area contributed by atoms with Crippen LogP contribution in [-0.4, -0.2) is 11.7 Å². The molecule has 118 valence electrons. The molecule has 0 radical (unpaired) electrons. The highest BCUT2D eigenvalue weighted by Crippen LogP contribution is 2.09. The van der Waals surface area contributed by atoms with Crippen molar-refractivity contribution in [2.24, 2.45) is 0 Å². The molecule has 0 fully saturated rings. The van der Waals surface area contributed by atoms with Crippen LogP contribution in [0.4, 0.5) is 0 Å². The van der Waals surface area contributed by atoms with Crippen LogP contribution < -0.4 is 0 Å². The molecule has 0 aliphatic carbocycles. The molecule has 0 unspecified atom stereocenters. The topological polar surface area (TPSA) is 17.1 Å². The van der Waals surface area contributed by atoms with Gasteiger partial charge in [0.05, 0.1) is 5.88 Å². The second-order valence-corrected chi connectivity index (χ2v) is 5.92. The van der Waals surface area contributed by atoms with E-state index in [1.165, 1.54) is 64.2 Å². The lowest BCUT2D eigenvalue weighted by Gasteiger charge is -1.99. The molecule has 0 aliphatic heterocycles. The van der Waals surface area contributed by atoms with Crippen LogP contribution in [-0.2, 0) is 4.79 Å². The third-order valence-electron chi connectivity index (χ3n) is 3.62. The lowest BCUT2D eigenvalue weighted by atomic mass is 10.1. The lowest BCUT2D eigenvalue weighted by Crippen LogP contribution is -1.97. The first-order chi connectivity index (χ1) is 9.81. The number of carbonyl (C=O) groups excluding carboxylic acids is 1. The van der Waals surface area contributed by atoms with E-state index in [4.69, 9.17) is 11.6 Å². The highest BCUT2D eigenvalue weighted by atomic mass is 35.5. The van der Waals surface area contributed by atoms with E-state index in [1.54, 1.807) is 0 Å². The Kier molecular flexibility index (Phi) is 16.5. The molecule has 0 spiro atoms. The van der Waals surface area contributed by atoms with Crippen LogP contribution in [0.2, 0.25) is 0 Å². The summed E-state index contributed by atoms with van der Waals surface area (Å²) < 4.78 is 0. The summed E-state index contributed by atoms with van der Waals surface area (Å²) in [5, 5.41) is 0. The van der Waals surface area contributed by atoms with Gasteiger partial charge in [0.15, 0.2) is 0 Å². The summed E-state index contributed by atoms with van der Waals surface area (Å²) in [5.74, 6) is 0.367. The Bertz CT molecular complexity index is 236. The monoisotopic (exact) mass is 300 g/mol. The number of carbonyl (C=O) groups is 1. The molecule has 0 atom stereocenters. The summed E-state index contributed by atoms with van der Waals surface area (Å²) in [4.78, 5) is 11.0. The van der Waals surface area contributed by atoms with E-state index in [2.05, 4.69) is 19.1 Å². The first-order valence-electron chi connectivity index (χ1n) is 8.54. The zero-order valence-corrected chi connectivity index (χ0v) is 14.1. The number of rotatable bonds is 15. The molecule has 0 bridgehead atoms. The predicted molar refractivity (Wildman–Crippen MR) is 90.6 cm³/mol. The fraction of sp³-hybridized carbons (Fsp3) is 0.833. The molecular weight excluding hydrogens is 268 g/mol. The molecule has 0 aromatic heterocycles.